The lowest BCUT2D eigenvalue weighted by Crippen LogP contribution is -2.21. The Morgan fingerprint density at radius 2 is 2.05 bits per heavy atom. The Labute approximate surface area is 112 Å². The van der Waals surface area contributed by atoms with Crippen LogP contribution in [0.3, 0.4) is 0 Å². The van der Waals surface area contributed by atoms with Gasteiger partial charge in [0.15, 0.2) is 0 Å². The van der Waals surface area contributed by atoms with Gasteiger partial charge in [0.25, 0.3) is 0 Å². The average Bonchev–Trinajstić information content (AvgIpc) is 2.45. The number of rotatable bonds is 4. The summed E-state index contributed by atoms with van der Waals surface area (Å²) in [4.78, 5) is 8.30. The molecule has 0 spiro atoms. The van der Waals surface area contributed by atoms with Gasteiger partial charge in [-0.25, -0.2) is 9.97 Å². The first kappa shape index (κ1) is 13.0. The van der Waals surface area contributed by atoms with Crippen LogP contribution in [0.5, 0.6) is 0 Å². The van der Waals surface area contributed by atoms with Gasteiger partial charge in [-0.1, -0.05) is 30.3 Å². The minimum Gasteiger partial charge on any atom is -0.352 e. The van der Waals surface area contributed by atoms with Crippen molar-refractivity contribution in [3.8, 4) is 6.07 Å². The van der Waals surface area contributed by atoms with Crippen molar-refractivity contribution < 1.29 is 0 Å². The number of nitrogens with zero attached hydrogens (tertiary/aromatic N) is 3. The molecule has 2 aromatic rings. The number of benzene rings is 1. The highest BCUT2D eigenvalue weighted by Gasteiger charge is 2.07. The zero-order valence-corrected chi connectivity index (χ0v) is 10.7. The van der Waals surface area contributed by atoms with Gasteiger partial charge < -0.3 is 11.1 Å². The van der Waals surface area contributed by atoms with Crippen LogP contribution in [0.2, 0.25) is 0 Å². The van der Waals surface area contributed by atoms with Crippen molar-refractivity contribution in [3.05, 3.63) is 53.3 Å². The van der Waals surface area contributed by atoms with Crippen LogP contribution in [-0.4, -0.2) is 16.5 Å². The quantitative estimate of drug-likeness (QED) is 0.867. The number of aryl methyl sites for hydroxylation is 1. The van der Waals surface area contributed by atoms with E-state index in [-0.39, 0.29) is 6.04 Å². The lowest BCUT2D eigenvalue weighted by Gasteiger charge is -2.13. The number of nitriles is 1. The third kappa shape index (κ3) is 3.50. The number of nitrogens with two attached hydrogens (primary N) is 1. The second-order valence-corrected chi connectivity index (χ2v) is 4.23. The van der Waals surface area contributed by atoms with E-state index in [1.807, 2.05) is 43.3 Å². The molecule has 0 bridgehead atoms. The van der Waals surface area contributed by atoms with Crippen molar-refractivity contribution in [1.82, 2.24) is 9.97 Å². The number of hydrogen-bond acceptors (Lipinski definition) is 5. The van der Waals surface area contributed by atoms with Crippen molar-refractivity contribution in [3.63, 3.8) is 0 Å². The van der Waals surface area contributed by atoms with Gasteiger partial charge >= 0.3 is 0 Å². The summed E-state index contributed by atoms with van der Waals surface area (Å²) in [6, 6.07) is 13.3. The molecular formula is C14H15N5. The molecule has 0 aliphatic heterocycles. The molecule has 1 aromatic carbocycles. The Kier molecular flexibility index (Phi) is 4.06. The number of hydrogen-bond donors (Lipinski definition) is 2. The standard InChI is InChI=1S/C14H15N5/c1-10-7-12(8-15)19-14(18-10)17-9-13(16)11-5-3-2-4-6-11/h2-7,13H,9,16H2,1H3,(H,17,18,19). The van der Waals surface area contributed by atoms with Crippen molar-refractivity contribution >= 4 is 5.95 Å². The second-order valence-electron chi connectivity index (χ2n) is 4.23. The van der Waals surface area contributed by atoms with Crippen molar-refractivity contribution in [1.29, 1.82) is 5.26 Å². The number of anilines is 1. The summed E-state index contributed by atoms with van der Waals surface area (Å²) < 4.78 is 0. The van der Waals surface area contributed by atoms with Crippen LogP contribution in [0.15, 0.2) is 36.4 Å². The summed E-state index contributed by atoms with van der Waals surface area (Å²) in [5.41, 5.74) is 8.22. The van der Waals surface area contributed by atoms with Gasteiger partial charge in [-0.3, -0.25) is 0 Å². The molecule has 0 radical (unpaired) electrons. The number of aromatic nitrogens is 2. The summed E-state index contributed by atoms with van der Waals surface area (Å²) in [5, 5.41) is 11.9. The van der Waals surface area contributed by atoms with Gasteiger partial charge in [0.05, 0.1) is 0 Å². The molecule has 5 heteroatoms. The Balaban J connectivity index is 2.03. The average molecular weight is 253 g/mol. The van der Waals surface area contributed by atoms with Gasteiger partial charge in [0, 0.05) is 18.3 Å². The molecule has 1 atom stereocenters. The summed E-state index contributed by atoms with van der Waals surface area (Å²) in [5.74, 6) is 0.433. The van der Waals surface area contributed by atoms with E-state index in [4.69, 9.17) is 11.0 Å². The SMILES string of the molecule is Cc1cc(C#N)nc(NCC(N)c2ccccc2)n1. The van der Waals surface area contributed by atoms with Crippen molar-refractivity contribution in [2.75, 3.05) is 11.9 Å². The summed E-state index contributed by atoms with van der Waals surface area (Å²) in [7, 11) is 0. The van der Waals surface area contributed by atoms with Crippen LogP contribution < -0.4 is 11.1 Å². The maximum absolute atomic E-state index is 8.85. The first-order chi connectivity index (χ1) is 9.19. The van der Waals surface area contributed by atoms with Gasteiger partial charge in [-0.15, -0.1) is 0 Å². The van der Waals surface area contributed by atoms with Crippen molar-refractivity contribution in [2.24, 2.45) is 5.73 Å². The molecule has 19 heavy (non-hydrogen) atoms. The molecule has 1 aromatic heterocycles. The molecule has 2 rings (SSSR count). The Bertz CT molecular complexity index is 589. The lowest BCUT2D eigenvalue weighted by molar-refractivity contribution is 0.757. The monoisotopic (exact) mass is 253 g/mol. The van der Waals surface area contributed by atoms with E-state index in [0.717, 1.165) is 11.3 Å². The van der Waals surface area contributed by atoms with E-state index in [0.29, 0.717) is 18.2 Å². The maximum atomic E-state index is 8.85. The van der Waals surface area contributed by atoms with E-state index >= 15 is 0 Å². The Hall–Kier alpha value is -2.45. The summed E-state index contributed by atoms with van der Waals surface area (Å²) in [6.45, 7) is 2.34. The minimum absolute atomic E-state index is 0.143. The molecule has 1 unspecified atom stereocenters. The predicted molar refractivity (Wildman–Crippen MR) is 73.3 cm³/mol. The van der Waals surface area contributed by atoms with Gasteiger partial charge in [0.1, 0.15) is 11.8 Å². The van der Waals surface area contributed by atoms with Gasteiger partial charge in [0.2, 0.25) is 5.95 Å². The first-order valence-corrected chi connectivity index (χ1v) is 5.99. The Morgan fingerprint density at radius 3 is 2.74 bits per heavy atom. The zero-order valence-electron chi connectivity index (χ0n) is 10.7. The highest BCUT2D eigenvalue weighted by molar-refractivity contribution is 5.33. The molecule has 1 heterocycles. The normalized spacial score (nSPS) is 11.6. The zero-order chi connectivity index (χ0) is 13.7. The third-order valence-electron chi connectivity index (χ3n) is 2.68. The van der Waals surface area contributed by atoms with Crippen molar-refractivity contribution in [2.45, 2.75) is 13.0 Å². The van der Waals surface area contributed by atoms with E-state index < -0.39 is 0 Å². The fourth-order valence-corrected chi connectivity index (χ4v) is 1.72. The van der Waals surface area contributed by atoms with Crippen LogP contribution >= 0.6 is 0 Å². The molecule has 3 N–H and O–H groups in total. The topological polar surface area (TPSA) is 87.6 Å². The van der Waals surface area contributed by atoms with Crippen LogP contribution in [0, 0.1) is 18.3 Å². The fourth-order valence-electron chi connectivity index (χ4n) is 1.72. The van der Waals surface area contributed by atoms with Gasteiger partial charge in [-0.05, 0) is 18.6 Å². The van der Waals surface area contributed by atoms with E-state index in [1.165, 1.54) is 0 Å². The summed E-state index contributed by atoms with van der Waals surface area (Å²) in [6.07, 6.45) is 0. The molecule has 0 saturated carbocycles. The smallest absolute Gasteiger partial charge is 0.224 e. The first-order valence-electron chi connectivity index (χ1n) is 5.99. The van der Waals surface area contributed by atoms with E-state index in [1.54, 1.807) is 6.07 Å². The molecule has 0 saturated heterocycles. The molecular weight excluding hydrogens is 238 g/mol. The fraction of sp³-hybridized carbons (Fsp3) is 0.214. The van der Waals surface area contributed by atoms with E-state index in [9.17, 15) is 0 Å². The molecule has 0 amide bonds. The van der Waals surface area contributed by atoms with Crippen LogP contribution in [0.25, 0.3) is 0 Å². The van der Waals surface area contributed by atoms with Crippen LogP contribution in [0.4, 0.5) is 5.95 Å². The molecule has 96 valence electrons. The van der Waals surface area contributed by atoms with Crippen LogP contribution in [0.1, 0.15) is 23.0 Å². The largest absolute Gasteiger partial charge is 0.352 e. The number of nitrogens with one attached hydrogen (secondary N) is 1. The predicted octanol–water partition coefficient (Wildman–Crippen LogP) is 1.77. The third-order valence-corrected chi connectivity index (χ3v) is 2.68. The highest BCUT2D eigenvalue weighted by Crippen LogP contribution is 2.10. The minimum atomic E-state index is -0.143. The maximum Gasteiger partial charge on any atom is 0.224 e. The molecule has 0 fully saturated rings. The lowest BCUT2D eigenvalue weighted by atomic mass is 10.1. The second kappa shape index (κ2) is 5.94. The molecule has 5 nitrogen and oxygen atoms in total. The molecule has 0 aliphatic rings. The Morgan fingerprint density at radius 1 is 1.32 bits per heavy atom. The highest BCUT2D eigenvalue weighted by atomic mass is 15.1. The summed E-state index contributed by atoms with van der Waals surface area (Å²) >= 11 is 0. The van der Waals surface area contributed by atoms with Crippen LogP contribution in [-0.2, 0) is 0 Å². The van der Waals surface area contributed by atoms with Gasteiger partial charge in [-0.2, -0.15) is 5.26 Å². The molecule has 0 aliphatic carbocycles. The van der Waals surface area contributed by atoms with E-state index in [2.05, 4.69) is 15.3 Å².